The summed E-state index contributed by atoms with van der Waals surface area (Å²) in [5.41, 5.74) is -0.253. The fraction of sp³-hybridized carbons (Fsp3) is 0.688. The van der Waals surface area contributed by atoms with Crippen molar-refractivity contribution in [3.63, 3.8) is 0 Å². The molecule has 0 radical (unpaired) electrons. The van der Waals surface area contributed by atoms with Crippen molar-refractivity contribution >= 4 is 5.97 Å². The molecule has 1 aliphatic rings. The first kappa shape index (κ1) is 16.0. The maximum atomic E-state index is 11.7. The van der Waals surface area contributed by atoms with Gasteiger partial charge in [0.2, 0.25) is 0 Å². The molecule has 2 unspecified atom stereocenters. The number of esters is 1. The van der Waals surface area contributed by atoms with E-state index in [0.717, 1.165) is 13.0 Å². The van der Waals surface area contributed by atoms with Crippen LogP contribution in [0.1, 0.15) is 47.5 Å². The fourth-order valence-electron chi connectivity index (χ4n) is 2.02. The van der Waals surface area contributed by atoms with Crippen LogP contribution < -0.4 is 5.32 Å². The van der Waals surface area contributed by atoms with E-state index in [1.807, 2.05) is 27.7 Å². The lowest BCUT2D eigenvalue weighted by Crippen LogP contribution is -2.38. The van der Waals surface area contributed by atoms with Gasteiger partial charge in [-0.2, -0.15) is 0 Å². The molecule has 1 N–H and O–H groups in total. The molecular weight excluding hydrogens is 238 g/mol. The smallest absolute Gasteiger partial charge is 0.307 e. The number of ether oxygens (including phenoxy) is 1. The second-order valence-electron chi connectivity index (χ2n) is 6.72. The molecule has 2 atom stereocenters. The number of nitrogens with one attached hydrogen (secondary N) is 1. The van der Waals surface area contributed by atoms with Gasteiger partial charge < -0.3 is 10.1 Å². The highest BCUT2D eigenvalue weighted by Gasteiger charge is 2.23. The third-order valence-electron chi connectivity index (χ3n) is 3.08. The summed E-state index contributed by atoms with van der Waals surface area (Å²) in [4.78, 5) is 11.7. The summed E-state index contributed by atoms with van der Waals surface area (Å²) >= 11 is 0. The van der Waals surface area contributed by atoms with Gasteiger partial charge in [0.1, 0.15) is 5.60 Å². The Bertz CT molecular complexity index is 365. The zero-order chi connectivity index (χ0) is 14.5. The van der Waals surface area contributed by atoms with E-state index in [0.29, 0.717) is 6.42 Å². The average molecular weight is 265 g/mol. The van der Waals surface area contributed by atoms with Crippen LogP contribution in [0.25, 0.3) is 0 Å². The Morgan fingerprint density at radius 3 is 2.63 bits per heavy atom. The summed E-state index contributed by atoms with van der Waals surface area (Å²) in [6, 6.07) is 0.131. The van der Waals surface area contributed by atoms with Gasteiger partial charge in [-0.25, -0.2) is 0 Å². The number of allylic oxidation sites excluding steroid dienone is 3. The van der Waals surface area contributed by atoms with Crippen LogP contribution in [0.15, 0.2) is 24.3 Å². The second-order valence-corrected chi connectivity index (χ2v) is 6.72. The lowest BCUT2D eigenvalue weighted by atomic mass is 9.83. The van der Waals surface area contributed by atoms with Crippen molar-refractivity contribution in [1.29, 1.82) is 0 Å². The molecule has 108 valence electrons. The van der Waals surface area contributed by atoms with Crippen LogP contribution in [-0.2, 0) is 9.53 Å². The fourth-order valence-corrected chi connectivity index (χ4v) is 2.02. The molecule has 0 saturated carbocycles. The molecule has 0 aromatic heterocycles. The van der Waals surface area contributed by atoms with E-state index >= 15 is 0 Å². The predicted octanol–water partition coefficient (Wildman–Crippen LogP) is 3.22. The lowest BCUT2D eigenvalue weighted by molar-refractivity contribution is -0.155. The van der Waals surface area contributed by atoms with Crippen molar-refractivity contribution in [2.45, 2.75) is 59.1 Å². The van der Waals surface area contributed by atoms with Crippen LogP contribution in [0, 0.1) is 5.41 Å². The van der Waals surface area contributed by atoms with Crippen LogP contribution >= 0.6 is 0 Å². The van der Waals surface area contributed by atoms with Gasteiger partial charge in [-0.15, -0.1) is 0 Å². The highest BCUT2D eigenvalue weighted by molar-refractivity contribution is 5.70. The van der Waals surface area contributed by atoms with E-state index in [9.17, 15) is 4.79 Å². The Kier molecular flexibility index (Phi) is 5.36. The van der Waals surface area contributed by atoms with E-state index in [2.05, 4.69) is 36.5 Å². The van der Waals surface area contributed by atoms with Gasteiger partial charge in [-0.3, -0.25) is 4.79 Å². The summed E-state index contributed by atoms with van der Waals surface area (Å²) in [6.45, 7) is 10.8. The van der Waals surface area contributed by atoms with Crippen LogP contribution in [0.5, 0.6) is 0 Å². The van der Waals surface area contributed by atoms with Gasteiger partial charge in [0.05, 0.1) is 6.42 Å². The van der Waals surface area contributed by atoms with Crippen molar-refractivity contribution in [3.05, 3.63) is 24.3 Å². The van der Waals surface area contributed by atoms with E-state index in [1.165, 1.54) is 0 Å². The van der Waals surface area contributed by atoms with E-state index in [1.54, 1.807) is 0 Å². The van der Waals surface area contributed by atoms with Crippen LogP contribution in [-0.4, -0.2) is 24.2 Å². The predicted molar refractivity (Wildman–Crippen MR) is 78.9 cm³/mol. The number of carbonyl (C=O) groups is 1. The maximum Gasteiger partial charge on any atom is 0.307 e. The molecule has 1 aliphatic carbocycles. The number of carbonyl (C=O) groups excluding carboxylic acids is 1. The molecular formula is C16H27NO2. The van der Waals surface area contributed by atoms with Crippen molar-refractivity contribution < 1.29 is 9.53 Å². The Morgan fingerprint density at radius 2 is 2.11 bits per heavy atom. The molecule has 0 spiro atoms. The second kappa shape index (κ2) is 6.38. The molecule has 3 nitrogen and oxygen atoms in total. The van der Waals surface area contributed by atoms with Gasteiger partial charge in [0.25, 0.3) is 0 Å². The van der Waals surface area contributed by atoms with Gasteiger partial charge in [0, 0.05) is 18.0 Å². The Hall–Kier alpha value is -1.09. The molecule has 0 bridgehead atoms. The molecule has 0 aromatic carbocycles. The first-order chi connectivity index (χ1) is 8.70. The Morgan fingerprint density at radius 1 is 1.42 bits per heavy atom. The molecule has 0 amide bonds. The van der Waals surface area contributed by atoms with Crippen molar-refractivity contribution in [1.82, 2.24) is 5.32 Å². The van der Waals surface area contributed by atoms with Gasteiger partial charge in [0.15, 0.2) is 0 Å². The van der Waals surface area contributed by atoms with Crippen molar-refractivity contribution in [2.24, 2.45) is 5.41 Å². The van der Waals surface area contributed by atoms with Crippen molar-refractivity contribution in [3.8, 4) is 0 Å². The first-order valence-electron chi connectivity index (χ1n) is 7.00. The normalized spacial score (nSPS) is 24.3. The zero-order valence-corrected chi connectivity index (χ0v) is 12.8. The van der Waals surface area contributed by atoms with Crippen LogP contribution in [0.4, 0.5) is 0 Å². The summed E-state index contributed by atoms with van der Waals surface area (Å²) in [6.07, 6.45) is 10.0. The molecule has 19 heavy (non-hydrogen) atoms. The topological polar surface area (TPSA) is 38.3 Å². The van der Waals surface area contributed by atoms with Crippen molar-refractivity contribution in [2.75, 3.05) is 6.54 Å². The summed E-state index contributed by atoms with van der Waals surface area (Å²) in [5, 5.41) is 3.42. The number of hydrogen-bond donors (Lipinski definition) is 1. The third kappa shape index (κ3) is 6.58. The molecule has 0 heterocycles. The molecule has 0 aromatic rings. The zero-order valence-electron chi connectivity index (χ0n) is 12.8. The van der Waals surface area contributed by atoms with Gasteiger partial charge in [-0.1, -0.05) is 31.2 Å². The first-order valence-corrected chi connectivity index (χ1v) is 7.00. The average Bonchev–Trinajstić information content (AvgIpc) is 2.25. The quantitative estimate of drug-likeness (QED) is 0.776. The molecule has 1 rings (SSSR count). The maximum absolute atomic E-state index is 11.7. The number of rotatable bonds is 5. The van der Waals surface area contributed by atoms with Gasteiger partial charge >= 0.3 is 5.97 Å². The molecule has 3 heteroatoms. The van der Waals surface area contributed by atoms with Crippen LogP contribution in [0.3, 0.4) is 0 Å². The minimum atomic E-state index is -0.403. The van der Waals surface area contributed by atoms with Crippen LogP contribution in [0.2, 0.25) is 0 Å². The molecule has 0 fully saturated rings. The SMILES string of the molecule is CC(CC(=O)OC(C)(C)C)NCC1(C)C=CC=CC1. The largest absolute Gasteiger partial charge is 0.460 e. The Balaban J connectivity index is 2.32. The van der Waals surface area contributed by atoms with E-state index in [-0.39, 0.29) is 17.4 Å². The highest BCUT2D eigenvalue weighted by atomic mass is 16.6. The summed E-state index contributed by atoms with van der Waals surface area (Å²) in [5.74, 6) is -0.142. The summed E-state index contributed by atoms with van der Waals surface area (Å²) < 4.78 is 5.32. The molecule has 0 aliphatic heterocycles. The third-order valence-corrected chi connectivity index (χ3v) is 3.08. The van der Waals surface area contributed by atoms with E-state index in [4.69, 9.17) is 4.74 Å². The summed E-state index contributed by atoms with van der Waals surface area (Å²) in [7, 11) is 0. The van der Waals surface area contributed by atoms with E-state index < -0.39 is 5.60 Å². The lowest BCUT2D eigenvalue weighted by Gasteiger charge is -2.29. The minimum absolute atomic E-state index is 0.131. The standard InChI is InChI=1S/C16H27NO2/c1-13(11-14(18)19-15(2,3)4)17-12-16(5)9-7-6-8-10-16/h6-9,13,17H,10-12H2,1-5H3. The van der Waals surface area contributed by atoms with Gasteiger partial charge in [-0.05, 0) is 34.1 Å². The number of hydrogen-bond acceptors (Lipinski definition) is 3. The molecule has 0 saturated heterocycles. The monoisotopic (exact) mass is 265 g/mol. The Labute approximate surface area is 117 Å². The minimum Gasteiger partial charge on any atom is -0.460 e. The highest BCUT2D eigenvalue weighted by Crippen LogP contribution is 2.26.